The first kappa shape index (κ1) is 51.5. The van der Waals surface area contributed by atoms with Gasteiger partial charge in [0.25, 0.3) is 0 Å². The Labute approximate surface area is 515 Å². The van der Waals surface area contributed by atoms with Gasteiger partial charge in [-0.2, -0.15) is 19.9 Å². The molecule has 11 heteroatoms. The van der Waals surface area contributed by atoms with Crippen molar-refractivity contribution in [2.75, 3.05) is 9.80 Å². The maximum atomic E-state index is 5.38. The number of fused-ring (bicyclic) bond motifs is 11. The Hall–Kier alpha value is -11.9. The summed E-state index contributed by atoms with van der Waals surface area (Å²) in [5.41, 5.74) is 13.7. The molecule has 0 amide bonds. The number of benzene rings is 12. The summed E-state index contributed by atoms with van der Waals surface area (Å²) in [4.78, 5) is 36.5. The molecular weight excluding hydrogens is 1110 g/mol. The van der Waals surface area contributed by atoms with E-state index in [1.807, 2.05) is 84.1 Å². The fourth-order valence-electron chi connectivity index (χ4n) is 12.6. The van der Waals surface area contributed by atoms with E-state index in [0.29, 0.717) is 35.2 Å². The van der Waals surface area contributed by atoms with Crippen LogP contribution in [-0.2, 0) is 0 Å². The van der Waals surface area contributed by atoms with E-state index in [4.69, 9.17) is 29.9 Å². The highest BCUT2D eigenvalue weighted by molar-refractivity contribution is 7.27. The summed E-state index contributed by atoms with van der Waals surface area (Å²) in [6.07, 6.45) is 0. The number of nitrogens with zero attached hydrogens (tertiary/aromatic N) is 10. The fraction of sp³-hybridized carbons (Fsp3) is 0. The Morgan fingerprint density at radius 2 is 0.506 bits per heavy atom. The van der Waals surface area contributed by atoms with Crippen molar-refractivity contribution >= 4 is 109 Å². The van der Waals surface area contributed by atoms with Crippen LogP contribution >= 0.6 is 11.3 Å². The first-order chi connectivity index (χ1) is 44.1. The van der Waals surface area contributed by atoms with Gasteiger partial charge in [0.05, 0.1) is 22.1 Å². The highest BCUT2D eigenvalue weighted by Gasteiger charge is 2.27. The Balaban J connectivity index is 0.980. The minimum Gasteiger partial charge on any atom is -0.310 e. The number of rotatable bonds is 12. The molecule has 0 aliphatic rings. The molecule has 10 nitrogen and oxygen atoms in total. The van der Waals surface area contributed by atoms with Crippen LogP contribution in [0.4, 0.5) is 34.1 Å². The van der Waals surface area contributed by atoms with E-state index >= 15 is 0 Å². The molecule has 12 aromatic carbocycles. The minimum atomic E-state index is 0.523. The third kappa shape index (κ3) is 8.94. The predicted octanol–water partition coefficient (Wildman–Crippen LogP) is 20.2. The lowest BCUT2D eigenvalue weighted by Crippen LogP contribution is -2.09. The van der Waals surface area contributed by atoms with Crippen molar-refractivity contribution in [1.29, 1.82) is 0 Å². The number of thiophene rings is 1. The number of aromatic nitrogens is 8. The second kappa shape index (κ2) is 21.5. The molecule has 5 aromatic heterocycles. The zero-order chi connectivity index (χ0) is 58.8. The van der Waals surface area contributed by atoms with Crippen molar-refractivity contribution in [2.45, 2.75) is 0 Å². The SMILES string of the molecule is c1ccc(-c2nc(-c3ccccc3)nc(-n3c4ccc(N(c5ccccc5)c5ccccc5)cc4c4c5sc6c(ccc7c6c6cc(N(c8ccccc8)c8ccccc8)ccc6n7-c6nc(-c7ccccc7)nc(-c7ccccc7)n6)c5ccc43)n2)cc1. The number of hydrogen-bond donors (Lipinski definition) is 0. The van der Waals surface area contributed by atoms with Crippen LogP contribution in [0.15, 0.2) is 303 Å². The third-order valence-electron chi connectivity index (χ3n) is 16.6. The second-order valence-electron chi connectivity index (χ2n) is 21.9. The van der Waals surface area contributed by atoms with Crippen LogP contribution in [0.3, 0.4) is 0 Å². The van der Waals surface area contributed by atoms with Crippen molar-refractivity contribution in [3.8, 4) is 57.4 Å². The molecule has 0 bridgehead atoms. The van der Waals surface area contributed by atoms with Gasteiger partial charge >= 0.3 is 0 Å². The van der Waals surface area contributed by atoms with Crippen LogP contribution in [0, 0.1) is 0 Å². The molecule has 17 rings (SSSR count). The van der Waals surface area contributed by atoms with Crippen LogP contribution < -0.4 is 9.80 Å². The molecule has 418 valence electrons. The predicted molar refractivity (Wildman–Crippen MR) is 366 cm³/mol. The van der Waals surface area contributed by atoms with Crippen molar-refractivity contribution in [1.82, 2.24) is 39.0 Å². The number of anilines is 6. The first-order valence-corrected chi connectivity index (χ1v) is 30.4. The van der Waals surface area contributed by atoms with E-state index in [9.17, 15) is 0 Å². The molecular formula is C78H50N10S. The standard InChI is InChI=1S/C78H50N10S/c1-9-25-51(26-10-1)73-79-74(52-27-11-2-12-28-52)82-77(81-73)87-65-45-41-59(85(55-33-17-5-18-34-55)56-35-19-6-20-36-56)49-63(65)69-67(87)47-43-61-62-44-48-68-70(72(62)89-71(61)69)64-50-60(86(57-37-21-7-22-38-57)58-39-23-8-24-40-58)42-46-66(64)88(68)78-83-75(53-29-13-3-14-30-53)80-76(84-78)54-31-15-4-16-32-54/h1-50H. The molecule has 0 saturated heterocycles. The maximum absolute atomic E-state index is 5.38. The van der Waals surface area contributed by atoms with Gasteiger partial charge in [-0.1, -0.05) is 206 Å². The normalized spacial score (nSPS) is 11.6. The average molecular weight is 1160 g/mol. The van der Waals surface area contributed by atoms with Crippen molar-refractivity contribution < 1.29 is 0 Å². The van der Waals surface area contributed by atoms with Gasteiger partial charge in [-0.25, -0.2) is 9.97 Å². The van der Waals surface area contributed by atoms with E-state index in [-0.39, 0.29) is 0 Å². The van der Waals surface area contributed by atoms with Gasteiger partial charge in [0, 0.05) is 98.1 Å². The molecule has 89 heavy (non-hydrogen) atoms. The van der Waals surface area contributed by atoms with Gasteiger partial charge in [-0.15, -0.1) is 11.3 Å². The van der Waals surface area contributed by atoms with Crippen molar-refractivity contribution in [2.24, 2.45) is 0 Å². The van der Waals surface area contributed by atoms with Crippen molar-refractivity contribution in [3.63, 3.8) is 0 Å². The molecule has 5 heterocycles. The van der Waals surface area contributed by atoms with Crippen LogP contribution in [0.25, 0.3) is 121 Å². The topological polar surface area (TPSA) is 93.7 Å². The second-order valence-corrected chi connectivity index (χ2v) is 22.9. The first-order valence-electron chi connectivity index (χ1n) is 29.6. The Morgan fingerprint density at radius 1 is 0.236 bits per heavy atom. The van der Waals surface area contributed by atoms with Crippen molar-refractivity contribution in [3.05, 3.63) is 303 Å². The fourth-order valence-corrected chi connectivity index (χ4v) is 14.0. The monoisotopic (exact) mass is 1160 g/mol. The summed E-state index contributed by atoms with van der Waals surface area (Å²) in [6, 6.07) is 106. The van der Waals surface area contributed by atoms with Crippen LogP contribution in [0.5, 0.6) is 0 Å². The van der Waals surface area contributed by atoms with Crippen LogP contribution in [0.2, 0.25) is 0 Å². The highest BCUT2D eigenvalue weighted by Crippen LogP contribution is 2.50. The summed E-state index contributed by atoms with van der Waals surface area (Å²) >= 11 is 1.82. The molecule has 0 unspecified atom stereocenters. The molecule has 0 saturated carbocycles. The van der Waals surface area contributed by atoms with Gasteiger partial charge < -0.3 is 9.80 Å². The van der Waals surface area contributed by atoms with E-state index in [2.05, 4.69) is 249 Å². The largest absolute Gasteiger partial charge is 0.310 e. The Bertz CT molecular complexity index is 4940. The maximum Gasteiger partial charge on any atom is 0.238 e. The molecule has 0 fully saturated rings. The minimum absolute atomic E-state index is 0.523. The van der Waals surface area contributed by atoms with E-state index in [1.165, 1.54) is 0 Å². The van der Waals surface area contributed by atoms with Gasteiger partial charge in [0.1, 0.15) is 0 Å². The summed E-state index contributed by atoms with van der Waals surface area (Å²) in [5, 5.41) is 6.59. The lowest BCUT2D eigenvalue weighted by molar-refractivity contribution is 0.953. The Morgan fingerprint density at radius 3 is 0.798 bits per heavy atom. The lowest BCUT2D eigenvalue weighted by Gasteiger charge is -2.25. The quantitative estimate of drug-likeness (QED) is 0.119. The molecule has 0 N–H and O–H groups in total. The number of hydrogen-bond acceptors (Lipinski definition) is 9. The molecule has 0 spiro atoms. The summed E-state index contributed by atoms with van der Waals surface area (Å²) < 4.78 is 6.75. The smallest absolute Gasteiger partial charge is 0.238 e. The summed E-state index contributed by atoms with van der Waals surface area (Å²) in [6.45, 7) is 0. The summed E-state index contributed by atoms with van der Waals surface area (Å²) in [7, 11) is 0. The van der Waals surface area contributed by atoms with E-state index in [0.717, 1.165) is 120 Å². The molecule has 17 aromatic rings. The highest BCUT2D eigenvalue weighted by atomic mass is 32.1. The zero-order valence-corrected chi connectivity index (χ0v) is 48.6. The van der Waals surface area contributed by atoms with Gasteiger partial charge in [-0.05, 0) is 97.1 Å². The molecule has 0 radical (unpaired) electrons. The van der Waals surface area contributed by atoms with Gasteiger partial charge in [0.15, 0.2) is 23.3 Å². The zero-order valence-electron chi connectivity index (χ0n) is 47.7. The summed E-state index contributed by atoms with van der Waals surface area (Å²) in [5.74, 6) is 3.40. The number of para-hydroxylation sites is 4. The van der Waals surface area contributed by atoms with Gasteiger partial charge in [-0.3, -0.25) is 9.13 Å². The average Bonchev–Trinajstić information content (AvgIpc) is 1.67. The Kier molecular flexibility index (Phi) is 12.5. The third-order valence-corrected chi connectivity index (χ3v) is 17.8. The van der Waals surface area contributed by atoms with E-state index < -0.39 is 0 Å². The van der Waals surface area contributed by atoms with Crippen LogP contribution in [0.1, 0.15) is 0 Å². The molecule has 0 atom stereocenters. The van der Waals surface area contributed by atoms with Crippen LogP contribution in [-0.4, -0.2) is 39.0 Å². The van der Waals surface area contributed by atoms with Gasteiger partial charge in [0.2, 0.25) is 11.9 Å². The van der Waals surface area contributed by atoms with E-state index in [1.54, 1.807) is 0 Å². The lowest BCUT2D eigenvalue weighted by atomic mass is 10.0. The molecule has 0 aliphatic carbocycles. The molecule has 0 aliphatic heterocycles.